The molecule has 2 aliphatic rings. The zero-order valence-corrected chi connectivity index (χ0v) is 14.1. The number of rotatable bonds is 5. The van der Waals surface area contributed by atoms with Crippen LogP contribution in [0.5, 0.6) is 0 Å². The number of benzene rings is 1. The first-order valence-corrected chi connectivity index (χ1v) is 8.42. The molecule has 0 radical (unpaired) electrons. The number of nitrogens with zero attached hydrogens (tertiary/aromatic N) is 1. The van der Waals surface area contributed by atoms with Crippen LogP contribution >= 0.6 is 0 Å². The zero-order chi connectivity index (χ0) is 16.9. The van der Waals surface area contributed by atoms with E-state index in [0.717, 1.165) is 54.2 Å². The third-order valence-corrected chi connectivity index (χ3v) is 4.24. The lowest BCUT2D eigenvalue weighted by atomic mass is 9.99. The minimum absolute atomic E-state index is 0.0365. The Morgan fingerprint density at radius 1 is 1.42 bits per heavy atom. The number of fused-ring (bicyclic) bond motifs is 1. The third kappa shape index (κ3) is 3.82. The summed E-state index contributed by atoms with van der Waals surface area (Å²) in [4.78, 5) is 16.7. The highest BCUT2D eigenvalue weighted by Gasteiger charge is 2.17. The van der Waals surface area contributed by atoms with Crippen LogP contribution in [0.15, 0.2) is 53.6 Å². The van der Waals surface area contributed by atoms with Crippen LogP contribution in [-0.2, 0) is 4.79 Å². The molecule has 0 saturated heterocycles. The molecule has 0 spiro atoms. The van der Waals surface area contributed by atoms with Gasteiger partial charge in [0.25, 0.3) is 0 Å². The topological polar surface area (TPSA) is 53.5 Å². The Labute approximate surface area is 143 Å². The normalized spacial score (nSPS) is 16.0. The molecule has 0 fully saturated rings. The van der Waals surface area contributed by atoms with Crippen LogP contribution in [0.25, 0.3) is 5.70 Å². The molecule has 4 heteroatoms. The maximum atomic E-state index is 12.3. The second-order valence-electron chi connectivity index (χ2n) is 6.19. The highest BCUT2D eigenvalue weighted by atomic mass is 16.1. The molecule has 1 aliphatic carbocycles. The van der Waals surface area contributed by atoms with E-state index >= 15 is 0 Å². The van der Waals surface area contributed by atoms with Gasteiger partial charge in [0.1, 0.15) is 5.84 Å². The number of anilines is 1. The molecule has 0 aromatic heterocycles. The number of amides is 1. The standard InChI is InChI=1S/C20H23N3O/c1-14-20-17(22-15(2)21-14)11-7-12-18(20)23-19(24)13-6-10-16-8-4-3-5-9-16/h3-4,7-8,11-12H,1,5-6,9-10,13H2,2H3,(H,21,22)(H,23,24). The molecule has 1 amide bonds. The van der Waals surface area contributed by atoms with Crippen LogP contribution in [0.1, 0.15) is 44.6 Å². The van der Waals surface area contributed by atoms with E-state index in [1.807, 2.05) is 25.1 Å². The van der Waals surface area contributed by atoms with Crippen molar-refractivity contribution < 1.29 is 4.79 Å². The summed E-state index contributed by atoms with van der Waals surface area (Å²) < 4.78 is 0. The van der Waals surface area contributed by atoms with Crippen molar-refractivity contribution in [3.05, 3.63) is 54.1 Å². The number of allylic oxidation sites excluding steroid dienone is 4. The average molecular weight is 321 g/mol. The van der Waals surface area contributed by atoms with E-state index in [-0.39, 0.29) is 5.91 Å². The Morgan fingerprint density at radius 3 is 3.08 bits per heavy atom. The van der Waals surface area contributed by atoms with Gasteiger partial charge in [-0.25, -0.2) is 4.99 Å². The predicted octanol–water partition coefficient (Wildman–Crippen LogP) is 4.70. The fourth-order valence-electron chi connectivity index (χ4n) is 3.09. The maximum Gasteiger partial charge on any atom is 0.224 e. The van der Waals surface area contributed by atoms with Gasteiger partial charge in [-0.15, -0.1) is 0 Å². The molecule has 1 aliphatic heterocycles. The van der Waals surface area contributed by atoms with Gasteiger partial charge < -0.3 is 10.6 Å². The second kappa shape index (κ2) is 7.30. The minimum atomic E-state index is 0.0365. The molecule has 0 saturated carbocycles. The van der Waals surface area contributed by atoms with Crippen molar-refractivity contribution in [1.29, 1.82) is 0 Å². The Morgan fingerprint density at radius 2 is 2.29 bits per heavy atom. The van der Waals surface area contributed by atoms with Crippen molar-refractivity contribution in [2.24, 2.45) is 4.99 Å². The minimum Gasteiger partial charge on any atom is -0.344 e. The average Bonchev–Trinajstić information content (AvgIpc) is 2.55. The molecule has 4 nitrogen and oxygen atoms in total. The van der Waals surface area contributed by atoms with Crippen LogP contribution in [0.4, 0.5) is 11.4 Å². The number of aliphatic imine (C=N–C) groups is 1. The summed E-state index contributed by atoms with van der Waals surface area (Å²) in [6.45, 7) is 5.94. The highest BCUT2D eigenvalue weighted by molar-refractivity contribution is 6.02. The maximum absolute atomic E-state index is 12.3. The second-order valence-corrected chi connectivity index (χ2v) is 6.19. The molecule has 0 bridgehead atoms. The molecule has 3 rings (SSSR count). The molecular weight excluding hydrogens is 298 g/mol. The van der Waals surface area contributed by atoms with E-state index in [2.05, 4.69) is 40.4 Å². The molecule has 0 unspecified atom stereocenters. The summed E-state index contributed by atoms with van der Waals surface area (Å²) in [5, 5.41) is 6.14. The summed E-state index contributed by atoms with van der Waals surface area (Å²) in [5.41, 5.74) is 4.69. The Bertz CT molecular complexity index is 756. The van der Waals surface area contributed by atoms with Gasteiger partial charge in [0.05, 0.1) is 11.4 Å². The first-order chi connectivity index (χ1) is 11.6. The van der Waals surface area contributed by atoms with Gasteiger partial charge in [-0.05, 0) is 44.7 Å². The summed E-state index contributed by atoms with van der Waals surface area (Å²) in [7, 11) is 0. The molecule has 2 N–H and O–H groups in total. The van der Waals surface area contributed by atoms with Crippen molar-refractivity contribution >= 4 is 28.8 Å². The zero-order valence-electron chi connectivity index (χ0n) is 14.1. The predicted molar refractivity (Wildman–Crippen MR) is 100 cm³/mol. The number of nitrogens with one attached hydrogen (secondary N) is 2. The van der Waals surface area contributed by atoms with Crippen LogP contribution in [0.3, 0.4) is 0 Å². The first kappa shape index (κ1) is 16.2. The first-order valence-electron chi connectivity index (χ1n) is 8.42. The Hall–Kier alpha value is -2.62. The molecule has 1 aromatic rings. The monoisotopic (exact) mass is 321 g/mol. The lowest BCUT2D eigenvalue weighted by Gasteiger charge is -2.21. The van der Waals surface area contributed by atoms with Crippen LogP contribution in [0.2, 0.25) is 0 Å². The fourth-order valence-corrected chi connectivity index (χ4v) is 3.09. The third-order valence-electron chi connectivity index (χ3n) is 4.24. The fraction of sp³-hybridized carbons (Fsp3) is 0.300. The van der Waals surface area contributed by atoms with Crippen molar-refractivity contribution in [3.8, 4) is 0 Å². The van der Waals surface area contributed by atoms with Gasteiger partial charge in [-0.2, -0.15) is 0 Å². The van der Waals surface area contributed by atoms with Gasteiger partial charge in [0, 0.05) is 17.7 Å². The highest BCUT2D eigenvalue weighted by Crippen LogP contribution is 2.34. The Kier molecular flexibility index (Phi) is 4.94. The summed E-state index contributed by atoms with van der Waals surface area (Å²) in [5.74, 6) is 0.847. The lowest BCUT2D eigenvalue weighted by molar-refractivity contribution is -0.116. The van der Waals surface area contributed by atoms with Gasteiger partial charge in [-0.3, -0.25) is 4.79 Å². The lowest BCUT2D eigenvalue weighted by Crippen LogP contribution is -2.23. The number of hydrogen-bond acceptors (Lipinski definition) is 3. The van der Waals surface area contributed by atoms with E-state index in [4.69, 9.17) is 0 Å². The summed E-state index contributed by atoms with van der Waals surface area (Å²) >= 11 is 0. The summed E-state index contributed by atoms with van der Waals surface area (Å²) in [6.07, 6.45) is 11.1. The van der Waals surface area contributed by atoms with Crippen LogP contribution in [-0.4, -0.2) is 11.7 Å². The quantitative estimate of drug-likeness (QED) is 0.826. The molecular formula is C20H23N3O. The van der Waals surface area contributed by atoms with E-state index in [1.54, 1.807) is 0 Å². The van der Waals surface area contributed by atoms with Gasteiger partial charge in [-0.1, -0.05) is 36.4 Å². The molecule has 24 heavy (non-hydrogen) atoms. The van der Waals surface area contributed by atoms with E-state index in [0.29, 0.717) is 6.42 Å². The number of carbonyl (C=O) groups is 1. The van der Waals surface area contributed by atoms with Crippen molar-refractivity contribution in [3.63, 3.8) is 0 Å². The van der Waals surface area contributed by atoms with Gasteiger partial charge in [0.2, 0.25) is 5.91 Å². The molecule has 1 heterocycles. The summed E-state index contributed by atoms with van der Waals surface area (Å²) in [6, 6.07) is 5.74. The van der Waals surface area contributed by atoms with E-state index < -0.39 is 0 Å². The molecule has 1 aromatic carbocycles. The van der Waals surface area contributed by atoms with E-state index in [1.165, 1.54) is 5.57 Å². The smallest absolute Gasteiger partial charge is 0.224 e. The number of amidine groups is 1. The van der Waals surface area contributed by atoms with Crippen molar-refractivity contribution in [1.82, 2.24) is 5.32 Å². The molecule has 0 atom stereocenters. The van der Waals surface area contributed by atoms with Crippen LogP contribution in [0, 0.1) is 0 Å². The molecule has 124 valence electrons. The van der Waals surface area contributed by atoms with Crippen LogP contribution < -0.4 is 10.6 Å². The van der Waals surface area contributed by atoms with E-state index in [9.17, 15) is 4.79 Å². The number of carbonyl (C=O) groups excluding carboxylic acids is 1. The SMILES string of the molecule is C=C1NC(C)=Nc2cccc(NC(=O)CCCC3=CC=CCC3)c21. The van der Waals surface area contributed by atoms with Crippen molar-refractivity contribution in [2.45, 2.75) is 39.0 Å². The van der Waals surface area contributed by atoms with Crippen molar-refractivity contribution in [2.75, 3.05) is 5.32 Å². The van der Waals surface area contributed by atoms with Gasteiger partial charge >= 0.3 is 0 Å². The number of hydrogen-bond donors (Lipinski definition) is 2. The van der Waals surface area contributed by atoms with Gasteiger partial charge in [0.15, 0.2) is 0 Å². The Balaban J connectivity index is 1.61. The largest absolute Gasteiger partial charge is 0.344 e.